The third-order valence-corrected chi connectivity index (χ3v) is 2.57. The van der Waals surface area contributed by atoms with E-state index in [0.29, 0.717) is 12.3 Å². The van der Waals surface area contributed by atoms with Crippen LogP contribution in [0.25, 0.3) is 0 Å². The Kier molecular flexibility index (Phi) is 5.96. The highest BCUT2D eigenvalue weighted by Gasteiger charge is 2.23. The van der Waals surface area contributed by atoms with Crippen LogP contribution in [0.15, 0.2) is 48.1 Å². The third-order valence-electron chi connectivity index (χ3n) is 2.57. The minimum Gasteiger partial charge on any atom is -0.444 e. The third kappa shape index (κ3) is 5.69. The summed E-state index contributed by atoms with van der Waals surface area (Å²) >= 11 is 0. The number of rotatable bonds is 5. The number of carbonyl (C=O) groups excluding carboxylic acids is 1. The molecule has 0 aliphatic carbocycles. The lowest BCUT2D eigenvalue weighted by Crippen LogP contribution is -2.40. The Morgan fingerprint density at radius 1 is 1.38 bits per heavy atom. The van der Waals surface area contributed by atoms with Crippen molar-refractivity contribution < 1.29 is 14.7 Å². The maximum absolute atomic E-state index is 12.2. The molecule has 1 aromatic carbocycles. The first-order chi connectivity index (χ1) is 9.87. The number of carbonyl (C=O) groups is 1. The molecule has 0 unspecified atom stereocenters. The van der Waals surface area contributed by atoms with Gasteiger partial charge in [-0.25, -0.2) is 4.79 Å². The number of ether oxygens (including phenoxy) is 1. The van der Waals surface area contributed by atoms with E-state index in [1.54, 1.807) is 26.8 Å². The van der Waals surface area contributed by atoms with Gasteiger partial charge in [0.15, 0.2) is 0 Å². The first-order valence-electron chi connectivity index (χ1n) is 6.72. The van der Waals surface area contributed by atoms with E-state index < -0.39 is 11.7 Å². The Morgan fingerprint density at radius 2 is 2.00 bits per heavy atom. The molecule has 0 bridgehead atoms. The average Bonchev–Trinajstić information content (AvgIpc) is 2.42. The van der Waals surface area contributed by atoms with Crippen LogP contribution in [0.2, 0.25) is 0 Å². The molecule has 1 N–H and O–H groups in total. The summed E-state index contributed by atoms with van der Waals surface area (Å²) in [5.41, 5.74) is 0.556. The minimum atomic E-state index is -0.584. The molecule has 0 fully saturated rings. The molecule has 114 valence electrons. The Balaban J connectivity index is 2.87. The first-order valence-corrected chi connectivity index (χ1v) is 6.72. The molecule has 0 saturated heterocycles. The van der Waals surface area contributed by atoms with Crippen LogP contribution in [0.4, 0.5) is 4.79 Å². The molecule has 0 aliphatic heterocycles. The Hall–Kier alpha value is -2.30. The van der Waals surface area contributed by atoms with Crippen molar-refractivity contribution in [1.82, 2.24) is 4.90 Å². The van der Waals surface area contributed by atoms with Crippen molar-refractivity contribution in [2.75, 3.05) is 13.1 Å². The molecule has 0 radical (unpaired) electrons. The van der Waals surface area contributed by atoms with Gasteiger partial charge in [0.05, 0.1) is 6.54 Å². The number of hydrogen-bond acceptors (Lipinski definition) is 4. The van der Waals surface area contributed by atoms with Crippen LogP contribution in [-0.4, -0.2) is 40.6 Å². The number of nitrogens with zero attached hydrogens (tertiary/aromatic N) is 2. The summed E-state index contributed by atoms with van der Waals surface area (Å²) in [6.07, 6.45) is 1.13. The zero-order valence-corrected chi connectivity index (χ0v) is 12.7. The molecule has 0 aliphatic rings. The lowest BCUT2D eigenvalue weighted by Gasteiger charge is -2.26. The van der Waals surface area contributed by atoms with E-state index in [4.69, 9.17) is 4.74 Å². The van der Waals surface area contributed by atoms with Gasteiger partial charge in [-0.1, -0.05) is 41.6 Å². The Morgan fingerprint density at radius 3 is 2.48 bits per heavy atom. The quantitative estimate of drug-likeness (QED) is 0.392. The molecule has 1 aromatic rings. The highest BCUT2D eigenvalue weighted by molar-refractivity contribution is 6.02. The van der Waals surface area contributed by atoms with E-state index in [0.717, 1.165) is 5.56 Å². The van der Waals surface area contributed by atoms with Crippen molar-refractivity contribution in [3.05, 3.63) is 48.6 Å². The molecule has 0 heterocycles. The molecule has 0 saturated carbocycles. The second-order valence-corrected chi connectivity index (χ2v) is 5.56. The van der Waals surface area contributed by atoms with Crippen LogP contribution in [0.5, 0.6) is 0 Å². The van der Waals surface area contributed by atoms with Crippen LogP contribution < -0.4 is 0 Å². The minimum absolute atomic E-state index is 0.140. The molecule has 1 amide bonds. The fraction of sp³-hybridized carbons (Fsp3) is 0.375. The van der Waals surface area contributed by atoms with Gasteiger partial charge in [0.2, 0.25) is 0 Å². The van der Waals surface area contributed by atoms with Crippen molar-refractivity contribution in [3.63, 3.8) is 0 Å². The van der Waals surface area contributed by atoms with Crippen LogP contribution >= 0.6 is 0 Å². The summed E-state index contributed by atoms with van der Waals surface area (Å²) in [6.45, 7) is 9.48. The average molecular weight is 290 g/mol. The zero-order valence-electron chi connectivity index (χ0n) is 12.7. The molecule has 5 heteroatoms. The van der Waals surface area contributed by atoms with Crippen molar-refractivity contribution in [3.8, 4) is 0 Å². The largest absolute Gasteiger partial charge is 0.444 e. The van der Waals surface area contributed by atoms with Crippen LogP contribution in [0, 0.1) is 0 Å². The van der Waals surface area contributed by atoms with Gasteiger partial charge >= 0.3 is 6.09 Å². The number of benzene rings is 1. The summed E-state index contributed by atoms with van der Waals surface area (Å²) < 4.78 is 5.34. The van der Waals surface area contributed by atoms with Crippen molar-refractivity contribution in [1.29, 1.82) is 0 Å². The molecule has 1 rings (SSSR count). The van der Waals surface area contributed by atoms with Gasteiger partial charge in [-0.05, 0) is 20.8 Å². The van der Waals surface area contributed by atoms with Gasteiger partial charge in [0, 0.05) is 12.1 Å². The molecule has 5 nitrogen and oxygen atoms in total. The zero-order chi connectivity index (χ0) is 15.9. The summed E-state index contributed by atoms with van der Waals surface area (Å²) in [7, 11) is 0. The number of oxime groups is 1. The van der Waals surface area contributed by atoms with Crippen LogP contribution in [0.3, 0.4) is 0 Å². The van der Waals surface area contributed by atoms with Gasteiger partial charge in [-0.2, -0.15) is 0 Å². The van der Waals surface area contributed by atoms with Gasteiger partial charge in [0.1, 0.15) is 11.3 Å². The summed E-state index contributed by atoms with van der Waals surface area (Å²) in [6, 6.07) is 9.18. The Labute approximate surface area is 125 Å². The van der Waals surface area contributed by atoms with E-state index in [1.807, 2.05) is 30.3 Å². The molecule has 0 spiro atoms. The fourth-order valence-corrected chi connectivity index (χ4v) is 1.68. The molecule has 0 aromatic heterocycles. The topological polar surface area (TPSA) is 62.1 Å². The summed E-state index contributed by atoms with van der Waals surface area (Å²) in [4.78, 5) is 13.6. The van der Waals surface area contributed by atoms with Crippen LogP contribution in [-0.2, 0) is 4.74 Å². The second kappa shape index (κ2) is 7.47. The highest BCUT2D eigenvalue weighted by Crippen LogP contribution is 2.11. The maximum atomic E-state index is 12.2. The first kappa shape index (κ1) is 16.8. The van der Waals surface area contributed by atoms with Gasteiger partial charge in [-0.3, -0.25) is 4.90 Å². The van der Waals surface area contributed by atoms with E-state index >= 15 is 0 Å². The van der Waals surface area contributed by atoms with Gasteiger partial charge in [-0.15, -0.1) is 6.58 Å². The van der Waals surface area contributed by atoms with Gasteiger partial charge in [0.25, 0.3) is 0 Å². The lowest BCUT2D eigenvalue weighted by molar-refractivity contribution is 0.0298. The van der Waals surface area contributed by atoms with Crippen molar-refractivity contribution in [2.24, 2.45) is 5.16 Å². The van der Waals surface area contributed by atoms with Crippen LogP contribution in [0.1, 0.15) is 26.3 Å². The number of amides is 1. The smallest absolute Gasteiger partial charge is 0.410 e. The SMILES string of the molecule is C=CCN(C/C(=N\O)c1ccccc1)C(=O)OC(C)(C)C. The molecular formula is C16H22N2O3. The maximum Gasteiger partial charge on any atom is 0.410 e. The molecule has 0 atom stereocenters. The fourth-order valence-electron chi connectivity index (χ4n) is 1.68. The summed E-state index contributed by atoms with van der Waals surface area (Å²) in [5.74, 6) is 0. The van der Waals surface area contributed by atoms with Gasteiger partial charge < -0.3 is 9.94 Å². The lowest BCUT2D eigenvalue weighted by atomic mass is 10.1. The van der Waals surface area contributed by atoms with E-state index in [-0.39, 0.29) is 6.54 Å². The summed E-state index contributed by atoms with van der Waals surface area (Å²) in [5, 5.41) is 12.5. The Bertz CT molecular complexity index is 504. The predicted molar refractivity (Wildman–Crippen MR) is 82.8 cm³/mol. The molecular weight excluding hydrogens is 268 g/mol. The highest BCUT2D eigenvalue weighted by atomic mass is 16.6. The number of hydrogen-bond donors (Lipinski definition) is 1. The van der Waals surface area contributed by atoms with E-state index in [2.05, 4.69) is 11.7 Å². The van der Waals surface area contributed by atoms with E-state index in [9.17, 15) is 10.0 Å². The monoisotopic (exact) mass is 290 g/mol. The second-order valence-electron chi connectivity index (χ2n) is 5.56. The van der Waals surface area contributed by atoms with Crippen molar-refractivity contribution in [2.45, 2.75) is 26.4 Å². The molecule has 21 heavy (non-hydrogen) atoms. The van der Waals surface area contributed by atoms with Crippen molar-refractivity contribution >= 4 is 11.8 Å². The van der Waals surface area contributed by atoms with E-state index in [1.165, 1.54) is 4.90 Å². The predicted octanol–water partition coefficient (Wildman–Crippen LogP) is 3.29. The normalized spacial score (nSPS) is 11.9. The standard InChI is InChI=1S/C16H22N2O3/c1-5-11-18(15(19)21-16(2,3)4)12-14(17-20)13-9-7-6-8-10-13/h5-10,20H,1,11-12H2,2-4H3/b17-14+.